The molecule has 1 aliphatic rings. The predicted molar refractivity (Wildman–Crippen MR) is 102 cm³/mol. The van der Waals surface area contributed by atoms with E-state index in [0.717, 1.165) is 17.7 Å². The average Bonchev–Trinajstić information content (AvgIpc) is 2.62. The Morgan fingerprint density at radius 2 is 2.04 bits per heavy atom. The van der Waals surface area contributed by atoms with E-state index in [1.165, 1.54) is 32.1 Å². The molecule has 2 atom stereocenters. The zero-order chi connectivity index (χ0) is 18.2. The number of amides is 1. The van der Waals surface area contributed by atoms with Crippen molar-refractivity contribution in [2.45, 2.75) is 50.6 Å². The van der Waals surface area contributed by atoms with Crippen LogP contribution in [0.3, 0.4) is 0 Å². The van der Waals surface area contributed by atoms with Crippen LogP contribution in [0.2, 0.25) is 0 Å². The summed E-state index contributed by atoms with van der Waals surface area (Å²) in [5.74, 6) is 1.39. The number of nitrogens with two attached hydrogens (primary N) is 1. The van der Waals surface area contributed by atoms with Crippen LogP contribution < -0.4 is 15.8 Å². The summed E-state index contributed by atoms with van der Waals surface area (Å²) in [6.45, 7) is 0.539. The van der Waals surface area contributed by atoms with Gasteiger partial charge in [0.15, 0.2) is 0 Å². The zero-order valence-electron chi connectivity index (χ0n) is 15.8. The lowest BCUT2D eigenvalue weighted by Gasteiger charge is -2.27. The number of rotatable bonds is 8. The van der Waals surface area contributed by atoms with Crippen molar-refractivity contribution in [2.75, 3.05) is 27.7 Å². The fraction of sp³-hybridized carbons (Fsp3) is 0.650. The van der Waals surface area contributed by atoms with Crippen LogP contribution >= 0.6 is 0 Å². The van der Waals surface area contributed by atoms with E-state index in [-0.39, 0.29) is 11.9 Å². The Bertz CT molecular complexity index is 541. The summed E-state index contributed by atoms with van der Waals surface area (Å²) in [6.07, 6.45) is 7.10. The molecule has 0 aliphatic heterocycles. The average molecular weight is 348 g/mol. The molecule has 1 aliphatic carbocycles. The molecule has 140 valence electrons. The molecular weight excluding hydrogens is 314 g/mol. The first kappa shape index (κ1) is 19.7. The van der Waals surface area contributed by atoms with E-state index in [1.807, 2.05) is 32.3 Å². The highest BCUT2D eigenvalue weighted by atomic mass is 16.5. The molecule has 1 aromatic carbocycles. The third kappa shape index (κ3) is 6.01. The smallest absolute Gasteiger partial charge is 0.236 e. The van der Waals surface area contributed by atoms with Gasteiger partial charge in [-0.05, 0) is 44.1 Å². The first-order chi connectivity index (χ1) is 12.0. The van der Waals surface area contributed by atoms with Crippen LogP contribution in [0, 0.1) is 5.92 Å². The summed E-state index contributed by atoms with van der Waals surface area (Å²) < 4.78 is 5.31. The van der Waals surface area contributed by atoms with Crippen molar-refractivity contribution in [1.82, 2.24) is 10.2 Å². The van der Waals surface area contributed by atoms with E-state index < -0.39 is 6.04 Å². The minimum atomic E-state index is -0.406. The maximum Gasteiger partial charge on any atom is 0.236 e. The summed E-state index contributed by atoms with van der Waals surface area (Å²) in [5, 5.41) is 3.04. The number of hydrogen-bond acceptors (Lipinski definition) is 4. The van der Waals surface area contributed by atoms with Gasteiger partial charge >= 0.3 is 0 Å². The second-order valence-electron chi connectivity index (χ2n) is 7.35. The fourth-order valence-electron chi connectivity index (χ4n) is 3.66. The zero-order valence-corrected chi connectivity index (χ0v) is 15.8. The van der Waals surface area contributed by atoms with Gasteiger partial charge in [-0.1, -0.05) is 44.2 Å². The maximum absolute atomic E-state index is 12.4. The Morgan fingerprint density at radius 1 is 1.32 bits per heavy atom. The van der Waals surface area contributed by atoms with Crippen LogP contribution in [0.25, 0.3) is 0 Å². The van der Waals surface area contributed by atoms with Gasteiger partial charge in [0.05, 0.1) is 19.2 Å². The van der Waals surface area contributed by atoms with Crippen LogP contribution in [0.4, 0.5) is 0 Å². The van der Waals surface area contributed by atoms with E-state index in [4.69, 9.17) is 10.5 Å². The Labute approximate surface area is 151 Å². The summed E-state index contributed by atoms with van der Waals surface area (Å²) in [4.78, 5) is 14.5. The number of nitrogens with zero attached hydrogens (tertiary/aromatic N) is 1. The molecule has 1 amide bonds. The quantitative estimate of drug-likeness (QED) is 0.759. The maximum atomic E-state index is 12.4. The Morgan fingerprint density at radius 3 is 2.68 bits per heavy atom. The van der Waals surface area contributed by atoms with Crippen molar-refractivity contribution < 1.29 is 9.53 Å². The van der Waals surface area contributed by atoms with Crippen molar-refractivity contribution in [3.63, 3.8) is 0 Å². The van der Waals surface area contributed by atoms with Gasteiger partial charge in [-0.3, -0.25) is 4.79 Å². The molecule has 5 nitrogen and oxygen atoms in total. The third-order valence-corrected chi connectivity index (χ3v) is 5.22. The summed E-state index contributed by atoms with van der Waals surface area (Å²) in [5.41, 5.74) is 7.27. The number of carbonyl (C=O) groups is 1. The second kappa shape index (κ2) is 9.78. The summed E-state index contributed by atoms with van der Waals surface area (Å²) in [7, 11) is 5.69. The van der Waals surface area contributed by atoms with Gasteiger partial charge in [-0.15, -0.1) is 0 Å². The highest BCUT2D eigenvalue weighted by molar-refractivity contribution is 5.81. The Kier molecular flexibility index (Phi) is 7.72. The Balaban J connectivity index is 1.89. The van der Waals surface area contributed by atoms with Gasteiger partial charge < -0.3 is 20.7 Å². The van der Waals surface area contributed by atoms with Crippen LogP contribution in [-0.4, -0.2) is 44.6 Å². The van der Waals surface area contributed by atoms with E-state index in [9.17, 15) is 4.79 Å². The molecular formula is C20H33N3O2. The molecule has 0 radical (unpaired) electrons. The first-order valence-electron chi connectivity index (χ1n) is 9.35. The molecule has 1 aromatic rings. The minimum Gasteiger partial charge on any atom is -0.497 e. The molecule has 25 heavy (non-hydrogen) atoms. The van der Waals surface area contributed by atoms with Crippen LogP contribution in [-0.2, 0) is 4.79 Å². The number of nitrogens with one attached hydrogen (secondary N) is 1. The third-order valence-electron chi connectivity index (χ3n) is 5.22. The van der Waals surface area contributed by atoms with E-state index >= 15 is 0 Å². The van der Waals surface area contributed by atoms with Gasteiger partial charge in [0.1, 0.15) is 5.75 Å². The van der Waals surface area contributed by atoms with Gasteiger partial charge in [-0.2, -0.15) is 0 Å². The lowest BCUT2D eigenvalue weighted by atomic mass is 9.85. The largest absolute Gasteiger partial charge is 0.497 e. The lowest BCUT2D eigenvalue weighted by molar-refractivity contribution is -0.123. The second-order valence-corrected chi connectivity index (χ2v) is 7.35. The fourth-order valence-corrected chi connectivity index (χ4v) is 3.66. The van der Waals surface area contributed by atoms with Crippen molar-refractivity contribution in [1.29, 1.82) is 0 Å². The molecule has 0 heterocycles. The van der Waals surface area contributed by atoms with E-state index in [2.05, 4.69) is 16.3 Å². The molecule has 0 bridgehead atoms. The summed E-state index contributed by atoms with van der Waals surface area (Å²) >= 11 is 0. The molecule has 1 fully saturated rings. The lowest BCUT2D eigenvalue weighted by Crippen LogP contribution is -2.44. The van der Waals surface area contributed by atoms with E-state index in [0.29, 0.717) is 12.5 Å². The van der Waals surface area contributed by atoms with Crippen LogP contribution in [0.5, 0.6) is 5.75 Å². The van der Waals surface area contributed by atoms with Crippen molar-refractivity contribution >= 4 is 5.91 Å². The molecule has 5 heteroatoms. The van der Waals surface area contributed by atoms with Crippen LogP contribution in [0.15, 0.2) is 24.3 Å². The molecule has 3 N–H and O–H groups in total. The predicted octanol–water partition coefficient (Wildman–Crippen LogP) is 2.71. The first-order valence-corrected chi connectivity index (χ1v) is 9.35. The number of ether oxygens (including phenoxy) is 1. The number of carbonyl (C=O) groups excluding carboxylic acids is 1. The molecule has 0 spiro atoms. The Hall–Kier alpha value is -1.59. The van der Waals surface area contributed by atoms with Crippen molar-refractivity contribution in [3.8, 4) is 5.75 Å². The van der Waals surface area contributed by atoms with Crippen molar-refractivity contribution in [2.24, 2.45) is 11.7 Å². The van der Waals surface area contributed by atoms with Gasteiger partial charge in [-0.25, -0.2) is 0 Å². The van der Waals surface area contributed by atoms with Crippen LogP contribution in [0.1, 0.15) is 50.1 Å². The molecule has 2 rings (SSSR count). The number of benzene rings is 1. The molecule has 1 saturated carbocycles. The highest BCUT2D eigenvalue weighted by Gasteiger charge is 2.22. The van der Waals surface area contributed by atoms with Gasteiger partial charge in [0, 0.05) is 6.54 Å². The van der Waals surface area contributed by atoms with Gasteiger partial charge in [0.2, 0.25) is 5.91 Å². The van der Waals surface area contributed by atoms with Gasteiger partial charge in [0.25, 0.3) is 0 Å². The standard InChI is InChI=1S/C20H33N3O2/c1-23(2)19(16-10-7-11-17(13-16)25-3)14-22-20(24)18(21)12-15-8-5-4-6-9-15/h7,10-11,13,15,18-19H,4-6,8-9,12,14,21H2,1-3H3,(H,22,24). The minimum absolute atomic E-state index is 0.0414. The number of likely N-dealkylation sites (N-methyl/N-ethyl adjacent to an activating group) is 1. The molecule has 0 aromatic heterocycles. The monoisotopic (exact) mass is 347 g/mol. The highest BCUT2D eigenvalue weighted by Crippen LogP contribution is 2.27. The SMILES string of the molecule is COc1cccc(C(CNC(=O)C(N)CC2CCCCC2)N(C)C)c1. The van der Waals surface area contributed by atoms with Crippen molar-refractivity contribution in [3.05, 3.63) is 29.8 Å². The molecule has 0 saturated heterocycles. The number of methoxy groups -OCH3 is 1. The topological polar surface area (TPSA) is 67.6 Å². The number of hydrogen-bond donors (Lipinski definition) is 2. The molecule has 2 unspecified atom stereocenters. The normalized spacial score (nSPS) is 18.0. The van der Waals surface area contributed by atoms with E-state index in [1.54, 1.807) is 7.11 Å². The summed E-state index contributed by atoms with van der Waals surface area (Å²) in [6, 6.07) is 7.65.